The van der Waals surface area contributed by atoms with Gasteiger partial charge >= 0.3 is 241 Å². The summed E-state index contributed by atoms with van der Waals surface area (Å²) < 4.78 is 40.0. The second-order valence-electron chi connectivity index (χ2n) is 10.6. The standard InChI is InChI=1S/C20H16.2C7H5FO2.Ti/c1-2-6-18-12-15(11-17(18)5-1)9-10-16-13-19-7-3-4-8-20(19)14-16;2*8-6-3-1-5(2-4-6)7(9)10;/h1-8,11-14H,9-10H2;2*1-4H,(H,9,10);/q;;;+2/p-2. The van der Waals surface area contributed by atoms with Gasteiger partial charge in [0.15, 0.2) is 0 Å². The van der Waals surface area contributed by atoms with Gasteiger partial charge in [-0.2, -0.15) is 0 Å². The zero-order chi connectivity index (χ0) is 28.1. The summed E-state index contributed by atoms with van der Waals surface area (Å²) in [6, 6.07) is 26.2. The third kappa shape index (κ3) is 4.39. The second kappa shape index (κ2) is 10.1. The minimum absolute atomic E-state index is 0.173. The Morgan fingerprint density at radius 1 is 0.585 bits per heavy atom. The molecule has 41 heavy (non-hydrogen) atoms. The number of fused-ring (bicyclic) bond motifs is 6. The summed E-state index contributed by atoms with van der Waals surface area (Å²) in [5.41, 5.74) is 6.43. The molecule has 1 heterocycles. The summed E-state index contributed by atoms with van der Waals surface area (Å²) in [5, 5.41) is 0. The van der Waals surface area contributed by atoms with Crippen molar-refractivity contribution in [3.05, 3.63) is 153 Å². The molecule has 0 bridgehead atoms. The number of hydrogen-bond donors (Lipinski definition) is 0. The van der Waals surface area contributed by atoms with Crippen molar-refractivity contribution in [3.8, 4) is 0 Å². The molecule has 0 aromatic heterocycles. The number of benzene rings is 4. The van der Waals surface area contributed by atoms with Crippen LogP contribution in [0.4, 0.5) is 8.78 Å². The van der Waals surface area contributed by atoms with E-state index in [1.165, 1.54) is 48.5 Å². The van der Waals surface area contributed by atoms with E-state index >= 15 is 0 Å². The van der Waals surface area contributed by atoms with E-state index in [1.807, 2.05) is 48.5 Å². The molecule has 1 fully saturated rings. The van der Waals surface area contributed by atoms with Crippen molar-refractivity contribution in [1.82, 2.24) is 0 Å². The fourth-order valence-corrected chi connectivity index (χ4v) is 13.5. The zero-order valence-corrected chi connectivity index (χ0v) is 23.4. The maximum atomic E-state index is 13.9. The van der Waals surface area contributed by atoms with Gasteiger partial charge in [0.05, 0.1) is 0 Å². The first-order valence-electron chi connectivity index (χ1n) is 13.5. The van der Waals surface area contributed by atoms with Crippen LogP contribution in [0.3, 0.4) is 0 Å². The fraction of sp³-hybridized carbons (Fsp3) is 0.118. The first-order chi connectivity index (χ1) is 19.9. The van der Waals surface area contributed by atoms with Crippen molar-refractivity contribution in [2.75, 3.05) is 0 Å². The molecule has 3 aliphatic rings. The van der Waals surface area contributed by atoms with Crippen LogP contribution in [0.1, 0.15) is 64.3 Å². The molecule has 0 amide bonds. The van der Waals surface area contributed by atoms with E-state index in [0.717, 1.165) is 46.2 Å². The first kappa shape index (κ1) is 25.8. The molecule has 1 saturated heterocycles. The molecule has 0 N–H and O–H groups in total. The van der Waals surface area contributed by atoms with Crippen LogP contribution in [0.2, 0.25) is 0 Å². The van der Waals surface area contributed by atoms with Crippen LogP contribution in [0.5, 0.6) is 0 Å². The summed E-state index contributed by atoms with van der Waals surface area (Å²) in [6.45, 7) is 0. The molecular weight excluding hydrogens is 558 g/mol. The Kier molecular flexibility index (Phi) is 6.33. The normalized spacial score (nSPS) is 19.5. The molecular formula is C34H24F2O4Ti. The SMILES string of the molecule is O=C([O][Ti]1([O]C(=O)c2ccc(F)cc2)[CH]2C(=Cc3ccccc32)CCC2=Cc3ccccc3[CH]21)c1ccc(F)cc1. The first-order valence-corrected chi connectivity index (χ1v) is 16.6. The number of allylic oxidation sites excluding steroid dienone is 2. The van der Waals surface area contributed by atoms with Crippen molar-refractivity contribution in [2.24, 2.45) is 0 Å². The van der Waals surface area contributed by atoms with Gasteiger partial charge in [0, 0.05) is 0 Å². The number of carbonyl (C=O) groups excluding carboxylic acids is 2. The summed E-state index contributed by atoms with van der Waals surface area (Å²) in [6.07, 6.45) is 5.71. The van der Waals surface area contributed by atoms with Crippen LogP contribution in [0.15, 0.2) is 108 Å². The molecule has 4 aromatic carbocycles. The van der Waals surface area contributed by atoms with E-state index in [-0.39, 0.29) is 11.1 Å². The van der Waals surface area contributed by atoms with E-state index in [4.69, 9.17) is 6.64 Å². The fourth-order valence-electron chi connectivity index (χ4n) is 6.45. The van der Waals surface area contributed by atoms with Crippen LogP contribution in [-0.2, 0) is 24.0 Å². The molecule has 7 rings (SSSR count). The Labute approximate surface area is 240 Å². The molecule has 4 aromatic rings. The van der Waals surface area contributed by atoms with E-state index in [2.05, 4.69) is 12.2 Å². The van der Waals surface area contributed by atoms with Crippen LogP contribution >= 0.6 is 0 Å². The van der Waals surface area contributed by atoms with Crippen molar-refractivity contribution in [1.29, 1.82) is 0 Å². The third-order valence-electron chi connectivity index (χ3n) is 8.21. The quantitative estimate of drug-likeness (QED) is 0.229. The van der Waals surface area contributed by atoms with Crippen LogP contribution in [0.25, 0.3) is 12.2 Å². The van der Waals surface area contributed by atoms with Crippen molar-refractivity contribution in [2.45, 2.75) is 21.3 Å². The second-order valence-corrected chi connectivity index (χ2v) is 15.3. The van der Waals surface area contributed by atoms with Crippen LogP contribution < -0.4 is 0 Å². The van der Waals surface area contributed by atoms with Gasteiger partial charge in [-0.05, 0) is 0 Å². The van der Waals surface area contributed by atoms with Crippen molar-refractivity contribution >= 4 is 24.1 Å². The molecule has 0 radical (unpaired) electrons. The Morgan fingerprint density at radius 3 is 1.39 bits per heavy atom. The van der Waals surface area contributed by atoms with E-state index in [1.54, 1.807) is 0 Å². The minimum atomic E-state index is -4.81. The van der Waals surface area contributed by atoms with E-state index < -0.39 is 49.4 Å². The molecule has 202 valence electrons. The van der Waals surface area contributed by atoms with Crippen LogP contribution in [0, 0.1) is 11.6 Å². The van der Waals surface area contributed by atoms with Crippen LogP contribution in [-0.4, -0.2) is 11.9 Å². The van der Waals surface area contributed by atoms with Gasteiger partial charge < -0.3 is 0 Å². The Hall–Kier alpha value is -4.13. The predicted octanol–water partition coefficient (Wildman–Crippen LogP) is 8.03. The topological polar surface area (TPSA) is 52.6 Å². The Bertz CT molecular complexity index is 1630. The maximum absolute atomic E-state index is 13.9. The Morgan fingerprint density at radius 2 is 0.976 bits per heavy atom. The number of hydrogen-bond acceptors (Lipinski definition) is 4. The average molecular weight is 582 g/mol. The average Bonchev–Trinajstić information content (AvgIpc) is 3.52. The molecule has 2 unspecified atom stereocenters. The number of rotatable bonds is 4. The summed E-state index contributed by atoms with van der Waals surface area (Å²) >= 11 is -4.81. The summed E-state index contributed by atoms with van der Waals surface area (Å²) in [7, 11) is 0. The number of carbonyl (C=O) groups is 2. The van der Waals surface area contributed by atoms with Crippen molar-refractivity contribution in [3.63, 3.8) is 0 Å². The van der Waals surface area contributed by atoms with Gasteiger partial charge in [-0.15, -0.1) is 0 Å². The summed E-state index contributed by atoms with van der Waals surface area (Å²) in [4.78, 5) is 27.9. The third-order valence-corrected chi connectivity index (χ3v) is 14.4. The molecule has 1 aliphatic heterocycles. The predicted molar refractivity (Wildman–Crippen MR) is 147 cm³/mol. The molecule has 7 heteroatoms. The van der Waals surface area contributed by atoms with Gasteiger partial charge in [0.2, 0.25) is 0 Å². The van der Waals surface area contributed by atoms with Gasteiger partial charge in [-0.25, -0.2) is 0 Å². The molecule has 4 nitrogen and oxygen atoms in total. The van der Waals surface area contributed by atoms with Gasteiger partial charge in [0.1, 0.15) is 0 Å². The molecule has 0 saturated carbocycles. The Balaban J connectivity index is 1.46. The number of halogens is 2. The molecule has 0 spiro atoms. The van der Waals surface area contributed by atoms with Crippen molar-refractivity contribution < 1.29 is 42.4 Å². The van der Waals surface area contributed by atoms with Gasteiger partial charge in [0.25, 0.3) is 0 Å². The van der Waals surface area contributed by atoms with E-state index in [0.29, 0.717) is 0 Å². The van der Waals surface area contributed by atoms with Gasteiger partial charge in [-0.3, -0.25) is 0 Å². The van der Waals surface area contributed by atoms with E-state index in [9.17, 15) is 18.4 Å². The summed E-state index contributed by atoms with van der Waals surface area (Å²) in [5.74, 6) is -2.27. The molecule has 2 atom stereocenters. The van der Waals surface area contributed by atoms with Gasteiger partial charge in [-0.1, -0.05) is 0 Å². The molecule has 2 aliphatic carbocycles. The monoisotopic (exact) mass is 582 g/mol. The zero-order valence-electron chi connectivity index (χ0n) is 21.9.